The van der Waals surface area contributed by atoms with Crippen LogP contribution in [0.2, 0.25) is 0 Å². The topological polar surface area (TPSA) is 169 Å². The zero-order chi connectivity index (χ0) is 38.3. The number of hydrogen-bond donors (Lipinski definition) is 4. The summed E-state index contributed by atoms with van der Waals surface area (Å²) in [5.74, 6) is -1.44. The van der Waals surface area contributed by atoms with E-state index in [1.807, 2.05) is 28.8 Å². The molecule has 16 nitrogen and oxygen atoms in total. The van der Waals surface area contributed by atoms with Crippen molar-refractivity contribution in [2.45, 2.75) is 6.54 Å². The molecule has 0 aliphatic carbocycles. The molecular formula is C39H46N10O6. The summed E-state index contributed by atoms with van der Waals surface area (Å²) in [5, 5.41) is 13.5. The van der Waals surface area contributed by atoms with Gasteiger partial charge in [-0.25, -0.2) is 0 Å². The number of ether oxygens (including phenoxy) is 2. The molecule has 7 rings (SSSR count). The van der Waals surface area contributed by atoms with Gasteiger partial charge in [0, 0.05) is 96.6 Å². The lowest BCUT2D eigenvalue weighted by atomic mass is 10.1. The van der Waals surface area contributed by atoms with Crippen LogP contribution in [0, 0.1) is 0 Å². The predicted molar refractivity (Wildman–Crippen MR) is 208 cm³/mol. The smallest absolute Gasteiger partial charge is 0.274 e. The van der Waals surface area contributed by atoms with E-state index >= 15 is 0 Å². The molecule has 0 spiro atoms. The Morgan fingerprint density at radius 3 is 1.76 bits per heavy atom. The largest absolute Gasteiger partial charge is 0.379 e. The van der Waals surface area contributed by atoms with Gasteiger partial charge in [-0.1, -0.05) is 24.3 Å². The maximum absolute atomic E-state index is 13.6. The zero-order valence-corrected chi connectivity index (χ0v) is 31.0. The highest BCUT2D eigenvalue weighted by Gasteiger charge is 2.21. The van der Waals surface area contributed by atoms with Gasteiger partial charge in [-0.3, -0.25) is 34.0 Å². The van der Waals surface area contributed by atoms with E-state index in [0.29, 0.717) is 73.7 Å². The number of aromatic nitrogens is 4. The third-order valence-electron chi connectivity index (χ3n) is 9.82. The Balaban J connectivity index is 0.985. The minimum absolute atomic E-state index is 0.214. The van der Waals surface area contributed by atoms with Crippen LogP contribution in [0.4, 0.5) is 17.1 Å². The first-order chi connectivity index (χ1) is 26.7. The Labute approximate surface area is 318 Å². The van der Waals surface area contributed by atoms with Crippen LogP contribution in [0.5, 0.6) is 0 Å². The number of hydrogen-bond acceptors (Lipinski definition) is 9. The zero-order valence-electron chi connectivity index (χ0n) is 31.0. The number of nitrogens with one attached hydrogen (secondary N) is 4. The number of carbonyl (C=O) groups is 4. The van der Waals surface area contributed by atoms with Crippen molar-refractivity contribution in [3.8, 4) is 0 Å². The fourth-order valence-electron chi connectivity index (χ4n) is 6.78. The first-order valence-corrected chi connectivity index (χ1v) is 18.4. The molecule has 1 aromatic carbocycles. The van der Waals surface area contributed by atoms with Gasteiger partial charge in [0.2, 0.25) is 0 Å². The second-order valence-electron chi connectivity index (χ2n) is 13.7. The Hall–Kier alpha value is -5.81. The van der Waals surface area contributed by atoms with Gasteiger partial charge in [0.1, 0.15) is 22.8 Å². The number of morpholine rings is 2. The lowest BCUT2D eigenvalue weighted by Crippen LogP contribution is -2.41. The molecule has 4 N–H and O–H groups in total. The Morgan fingerprint density at radius 1 is 0.618 bits per heavy atom. The molecule has 6 heterocycles. The van der Waals surface area contributed by atoms with E-state index in [1.54, 1.807) is 72.3 Å². The summed E-state index contributed by atoms with van der Waals surface area (Å²) in [6.07, 6.45) is 6.72. The molecule has 4 amide bonds. The monoisotopic (exact) mass is 750 g/mol. The minimum atomic E-state index is -0.425. The highest BCUT2D eigenvalue weighted by atomic mass is 16.5. The van der Waals surface area contributed by atoms with Crippen molar-refractivity contribution < 1.29 is 28.7 Å². The number of rotatable bonds is 13. The van der Waals surface area contributed by atoms with E-state index in [9.17, 15) is 19.2 Å². The summed E-state index contributed by atoms with van der Waals surface area (Å²) < 4.78 is 16.0. The van der Waals surface area contributed by atoms with Crippen LogP contribution in [0.3, 0.4) is 0 Å². The lowest BCUT2D eigenvalue weighted by molar-refractivity contribution is 0.0362. The molecule has 4 aromatic heterocycles. The Bertz CT molecular complexity index is 2180. The average molecular weight is 751 g/mol. The molecule has 0 unspecified atom stereocenters. The molecule has 2 saturated heterocycles. The third-order valence-corrected chi connectivity index (χ3v) is 9.82. The summed E-state index contributed by atoms with van der Waals surface area (Å²) in [4.78, 5) is 62.1. The normalized spacial score (nSPS) is 15.2. The molecule has 0 radical (unpaired) electrons. The fourth-order valence-corrected chi connectivity index (χ4v) is 6.78. The Morgan fingerprint density at radius 2 is 1.15 bits per heavy atom. The summed E-state index contributed by atoms with van der Waals surface area (Å²) in [6.45, 7) is 8.58. The highest BCUT2D eigenvalue weighted by Crippen LogP contribution is 2.21. The van der Waals surface area contributed by atoms with Crippen LogP contribution in [0.1, 0.15) is 42.0 Å². The van der Waals surface area contributed by atoms with Gasteiger partial charge in [0.25, 0.3) is 23.6 Å². The lowest BCUT2D eigenvalue weighted by Gasteiger charge is -2.27. The van der Waals surface area contributed by atoms with Crippen molar-refractivity contribution in [3.05, 3.63) is 96.1 Å². The van der Waals surface area contributed by atoms with Gasteiger partial charge in [0.05, 0.1) is 43.5 Å². The molecule has 16 heteroatoms. The molecule has 2 aliphatic heterocycles. The number of aryl methyl sites for hydroxylation is 2. The van der Waals surface area contributed by atoms with E-state index in [4.69, 9.17) is 9.47 Å². The van der Waals surface area contributed by atoms with Crippen LogP contribution < -0.4 is 21.3 Å². The van der Waals surface area contributed by atoms with Crippen LogP contribution in [-0.2, 0) is 30.1 Å². The Kier molecular flexibility index (Phi) is 11.7. The van der Waals surface area contributed by atoms with Gasteiger partial charge >= 0.3 is 0 Å². The predicted octanol–water partition coefficient (Wildman–Crippen LogP) is 2.86. The molecule has 2 fully saturated rings. The van der Waals surface area contributed by atoms with Crippen molar-refractivity contribution in [2.24, 2.45) is 14.1 Å². The summed E-state index contributed by atoms with van der Waals surface area (Å²) in [6, 6.07) is 14.2. The van der Waals surface area contributed by atoms with Gasteiger partial charge in [-0.15, -0.1) is 0 Å². The number of pyridine rings is 1. The number of fused-ring (bicyclic) bond motifs is 1. The number of benzene rings is 1. The molecule has 5 aromatic rings. The highest BCUT2D eigenvalue weighted by molar-refractivity contribution is 6.09. The summed E-state index contributed by atoms with van der Waals surface area (Å²) >= 11 is 0. The molecular weight excluding hydrogens is 704 g/mol. The molecule has 0 saturated carbocycles. The van der Waals surface area contributed by atoms with Crippen LogP contribution in [0.15, 0.2) is 73.3 Å². The molecule has 0 bridgehead atoms. The van der Waals surface area contributed by atoms with E-state index in [0.717, 1.165) is 50.0 Å². The number of nitrogens with zero attached hydrogens (tertiary/aromatic N) is 6. The number of anilines is 3. The minimum Gasteiger partial charge on any atom is -0.379 e. The number of amides is 4. The van der Waals surface area contributed by atoms with E-state index in [-0.39, 0.29) is 11.6 Å². The van der Waals surface area contributed by atoms with Crippen LogP contribution in [-0.4, -0.2) is 124 Å². The van der Waals surface area contributed by atoms with E-state index in [1.165, 1.54) is 0 Å². The van der Waals surface area contributed by atoms with Gasteiger partial charge in [0.15, 0.2) is 0 Å². The second-order valence-corrected chi connectivity index (χ2v) is 13.7. The van der Waals surface area contributed by atoms with E-state index in [2.05, 4.69) is 36.1 Å². The van der Waals surface area contributed by atoms with Gasteiger partial charge in [-0.05, 0) is 29.7 Å². The van der Waals surface area contributed by atoms with Gasteiger partial charge in [-0.2, -0.15) is 0 Å². The fraction of sp³-hybridized carbons (Fsp3) is 0.359. The van der Waals surface area contributed by atoms with Crippen LogP contribution >= 0.6 is 0 Å². The van der Waals surface area contributed by atoms with Gasteiger partial charge < -0.3 is 44.4 Å². The van der Waals surface area contributed by atoms with E-state index < -0.39 is 17.7 Å². The van der Waals surface area contributed by atoms with Crippen molar-refractivity contribution in [1.82, 2.24) is 33.8 Å². The average Bonchev–Trinajstić information content (AvgIpc) is 3.89. The first-order valence-electron chi connectivity index (χ1n) is 18.4. The maximum atomic E-state index is 13.6. The molecule has 55 heavy (non-hydrogen) atoms. The summed E-state index contributed by atoms with van der Waals surface area (Å²) in [7, 11) is 3.41. The van der Waals surface area contributed by atoms with Crippen molar-refractivity contribution in [1.29, 1.82) is 0 Å². The molecule has 0 atom stereocenters. The van der Waals surface area contributed by atoms with Crippen molar-refractivity contribution in [2.75, 3.05) is 88.2 Å². The van der Waals surface area contributed by atoms with Crippen molar-refractivity contribution in [3.63, 3.8) is 0 Å². The summed E-state index contributed by atoms with van der Waals surface area (Å²) in [5.41, 5.74) is 2.64. The van der Waals surface area contributed by atoms with Crippen molar-refractivity contribution >= 4 is 51.5 Å². The molecule has 2 aliphatic rings. The quantitative estimate of drug-likeness (QED) is 0.142. The third kappa shape index (κ3) is 9.29. The molecule has 288 valence electrons. The maximum Gasteiger partial charge on any atom is 0.274 e. The second kappa shape index (κ2) is 17.1. The standard InChI is InChI=1S/C39H46N10O6/c1-45-24-29(42-36(50)32-19-27-5-3-4-6-28(27)23-41-32)20-33(45)38(52)43-30-21-34(46(2)25-30)39(53)44-31-22-35(37(51)40-7-8-47-11-15-54-16-12-47)49(26-31)10-9-48-13-17-55-18-14-48/h3-6,19-26H,7-18H2,1-2H3,(H,40,51)(H,42,50)(H,43,52)(H,44,53). The number of carbonyl (C=O) groups excluding carboxylic acids is 4. The SMILES string of the molecule is Cn1cc(NC(=O)c2cc3ccccc3cn2)cc1C(=O)Nc1cc(C(=O)Nc2cc(C(=O)NCCN3CCOCC3)n(CCN3CCOCC3)c2)n(C)c1. The first kappa shape index (κ1) is 37.5. The van der Waals surface area contributed by atoms with Crippen LogP contribution in [0.25, 0.3) is 10.8 Å².